The first kappa shape index (κ1) is 29.1. The van der Waals surface area contributed by atoms with Crippen LogP contribution < -0.4 is 4.74 Å². The molecule has 2 aliphatic heterocycles. The number of benzene rings is 2. The van der Waals surface area contributed by atoms with E-state index in [-0.39, 0.29) is 35.8 Å². The van der Waals surface area contributed by atoms with Gasteiger partial charge in [-0.15, -0.1) is 0 Å². The van der Waals surface area contributed by atoms with Crippen LogP contribution in [-0.2, 0) is 17.4 Å². The Hall–Kier alpha value is -3.39. The van der Waals surface area contributed by atoms with Crippen LogP contribution in [0.5, 0.6) is 5.75 Å². The minimum atomic E-state index is -4.65. The lowest BCUT2D eigenvalue weighted by atomic mass is 9.93. The number of alkyl halides is 3. The van der Waals surface area contributed by atoms with E-state index in [1.807, 2.05) is 0 Å². The Kier molecular flexibility index (Phi) is 8.68. The van der Waals surface area contributed by atoms with Gasteiger partial charge in [-0.05, 0) is 59.1 Å². The van der Waals surface area contributed by atoms with Gasteiger partial charge in [0.1, 0.15) is 5.75 Å². The minimum absolute atomic E-state index is 0.0341. The van der Waals surface area contributed by atoms with Gasteiger partial charge in [-0.25, -0.2) is 0 Å². The number of hydrogen-bond donors (Lipinski definition) is 2. The topological polar surface area (TPSA) is 102 Å². The van der Waals surface area contributed by atoms with E-state index in [4.69, 9.17) is 9.84 Å². The maximum absolute atomic E-state index is 14.1. The van der Waals surface area contributed by atoms with Crippen LogP contribution in [0.4, 0.5) is 18.0 Å². The van der Waals surface area contributed by atoms with Crippen molar-refractivity contribution in [3.05, 3.63) is 64.2 Å². The van der Waals surface area contributed by atoms with Gasteiger partial charge in [0.05, 0.1) is 35.9 Å². The molecule has 2 fully saturated rings. The molecule has 0 spiro atoms. The van der Waals surface area contributed by atoms with Crippen LogP contribution in [0.2, 0.25) is 0 Å². The monoisotopic (exact) mass is 589 g/mol. The molecule has 41 heavy (non-hydrogen) atoms. The molecule has 2 aromatic carbocycles. The Bertz CT molecular complexity index is 1470. The number of methoxy groups -OCH3 is 1. The second-order valence-electron chi connectivity index (χ2n) is 9.91. The van der Waals surface area contributed by atoms with Crippen LogP contribution in [0.3, 0.4) is 0 Å². The van der Waals surface area contributed by atoms with E-state index < -0.39 is 22.9 Å². The molecule has 0 radical (unpaired) electrons. The number of aliphatic hydroxyl groups is 1. The van der Waals surface area contributed by atoms with Crippen LogP contribution in [0, 0.1) is 0 Å². The molecule has 3 heterocycles. The van der Waals surface area contributed by atoms with Crippen LogP contribution >= 0.6 is 11.8 Å². The van der Waals surface area contributed by atoms with Crippen molar-refractivity contribution in [2.45, 2.75) is 12.6 Å². The summed E-state index contributed by atoms with van der Waals surface area (Å²) in [7, 11) is 1.30. The smallest absolute Gasteiger partial charge is 0.416 e. The average molecular weight is 590 g/mol. The Morgan fingerprint density at radius 1 is 1.05 bits per heavy atom. The lowest BCUT2D eigenvalue weighted by Crippen LogP contribution is -2.49. The standard InChI is InChI=1S/C28H30F3N5O4S/c1-40-21-4-2-19(23(16-21)28(29,30)31)15-22(18-3-5-24-20(14-18)17-32-33-24)25-26(38)36(27(39)41-25)11-10-34-6-8-35(9-7-34)12-13-37/h2-5,14,16-17,37H,6-13,15H2,1H3,(H,32,33)/b25-22-. The molecule has 2 amide bonds. The maximum Gasteiger partial charge on any atom is 0.416 e. The van der Waals surface area contributed by atoms with Crippen molar-refractivity contribution in [1.82, 2.24) is 24.9 Å². The lowest BCUT2D eigenvalue weighted by molar-refractivity contribution is -0.138. The van der Waals surface area contributed by atoms with Crippen LogP contribution in [0.25, 0.3) is 16.5 Å². The predicted octanol–water partition coefficient (Wildman–Crippen LogP) is 3.85. The molecule has 5 rings (SSSR count). The van der Waals surface area contributed by atoms with E-state index in [9.17, 15) is 22.8 Å². The molecule has 2 N–H and O–H groups in total. The van der Waals surface area contributed by atoms with Gasteiger partial charge in [0, 0.05) is 51.2 Å². The highest BCUT2D eigenvalue weighted by atomic mass is 32.2. The molecule has 0 atom stereocenters. The van der Waals surface area contributed by atoms with Gasteiger partial charge >= 0.3 is 6.18 Å². The number of fused-ring (bicyclic) bond motifs is 1. The summed E-state index contributed by atoms with van der Waals surface area (Å²) in [4.78, 5) is 32.3. The van der Waals surface area contributed by atoms with Gasteiger partial charge in [0.15, 0.2) is 0 Å². The van der Waals surface area contributed by atoms with Crippen molar-refractivity contribution < 1.29 is 32.6 Å². The number of piperazine rings is 1. The Balaban J connectivity index is 1.46. The SMILES string of the molecule is COc1ccc(C/C(=C2/SC(=O)N(CCN3CCN(CCO)CC3)C2=O)c2ccc3[nH]ncc3c2)c(C(F)(F)F)c1. The molecule has 0 aliphatic carbocycles. The highest BCUT2D eigenvalue weighted by Gasteiger charge is 2.39. The molecule has 9 nitrogen and oxygen atoms in total. The summed E-state index contributed by atoms with van der Waals surface area (Å²) < 4.78 is 47.2. The number of aromatic amines is 1. The zero-order valence-electron chi connectivity index (χ0n) is 22.4. The lowest BCUT2D eigenvalue weighted by Gasteiger charge is -2.34. The number of amides is 2. The number of carbonyl (C=O) groups is 2. The van der Waals surface area contributed by atoms with Crippen molar-refractivity contribution >= 4 is 39.4 Å². The fraction of sp³-hybridized carbons (Fsp3) is 0.393. The van der Waals surface area contributed by atoms with E-state index in [0.717, 1.165) is 54.9 Å². The summed E-state index contributed by atoms with van der Waals surface area (Å²) in [6.45, 7) is 4.45. The van der Waals surface area contributed by atoms with E-state index in [1.54, 1.807) is 24.4 Å². The number of nitrogens with one attached hydrogen (secondary N) is 1. The van der Waals surface area contributed by atoms with E-state index in [1.165, 1.54) is 24.1 Å². The Morgan fingerprint density at radius 2 is 1.78 bits per heavy atom. The van der Waals surface area contributed by atoms with Crippen LogP contribution in [-0.4, -0.2) is 101 Å². The maximum atomic E-state index is 14.1. The number of thioether (sulfide) groups is 1. The fourth-order valence-corrected chi connectivity index (χ4v) is 6.10. The first-order chi connectivity index (χ1) is 19.7. The number of β-amino-alcohol motifs (C(OH)–C–C–N with tert-alkyl or cyclic N) is 1. The van der Waals surface area contributed by atoms with Gasteiger partial charge < -0.3 is 9.84 Å². The number of aromatic nitrogens is 2. The largest absolute Gasteiger partial charge is 0.497 e. The molecular formula is C28H30F3N5O4S. The summed E-state index contributed by atoms with van der Waals surface area (Å²) in [6.07, 6.45) is -3.27. The molecule has 2 saturated heterocycles. The van der Waals surface area contributed by atoms with Crippen molar-refractivity contribution in [3.63, 3.8) is 0 Å². The summed E-state index contributed by atoms with van der Waals surface area (Å²) in [5, 5.41) is 16.3. The van der Waals surface area contributed by atoms with Crippen LogP contribution in [0.1, 0.15) is 16.7 Å². The van der Waals surface area contributed by atoms with Gasteiger partial charge in [-0.3, -0.25) is 29.4 Å². The quantitative estimate of drug-likeness (QED) is 0.363. The summed E-state index contributed by atoms with van der Waals surface area (Å²) in [6, 6.07) is 8.96. The number of carbonyl (C=O) groups excluding carboxylic acids is 2. The number of imide groups is 1. The highest BCUT2D eigenvalue weighted by molar-refractivity contribution is 8.18. The number of rotatable bonds is 9. The molecular weight excluding hydrogens is 559 g/mol. The average Bonchev–Trinajstić information content (AvgIpc) is 3.54. The first-order valence-electron chi connectivity index (χ1n) is 13.2. The number of nitrogens with zero attached hydrogens (tertiary/aromatic N) is 4. The number of aliphatic hydroxyl groups excluding tert-OH is 1. The van der Waals surface area contributed by atoms with Crippen molar-refractivity contribution in [2.24, 2.45) is 0 Å². The van der Waals surface area contributed by atoms with Crippen molar-refractivity contribution in [2.75, 3.05) is 59.5 Å². The summed E-state index contributed by atoms with van der Waals surface area (Å²) in [5.41, 5.74) is 0.716. The zero-order chi connectivity index (χ0) is 29.1. The van der Waals surface area contributed by atoms with Crippen molar-refractivity contribution in [1.29, 1.82) is 0 Å². The second-order valence-corrected chi connectivity index (χ2v) is 10.9. The van der Waals surface area contributed by atoms with Crippen molar-refractivity contribution in [3.8, 4) is 5.75 Å². The number of halogens is 3. The van der Waals surface area contributed by atoms with Gasteiger partial charge in [0.25, 0.3) is 11.1 Å². The second kappa shape index (κ2) is 12.2. The van der Waals surface area contributed by atoms with E-state index in [0.29, 0.717) is 24.2 Å². The number of hydrogen-bond acceptors (Lipinski definition) is 8. The first-order valence-corrected chi connectivity index (χ1v) is 14.0. The minimum Gasteiger partial charge on any atom is -0.497 e. The fourth-order valence-electron chi connectivity index (χ4n) is 5.13. The molecule has 0 saturated carbocycles. The highest BCUT2D eigenvalue weighted by Crippen LogP contribution is 2.41. The molecule has 2 aliphatic rings. The van der Waals surface area contributed by atoms with Crippen LogP contribution in [0.15, 0.2) is 47.5 Å². The molecule has 1 aromatic heterocycles. The molecule has 3 aromatic rings. The molecule has 13 heteroatoms. The zero-order valence-corrected chi connectivity index (χ0v) is 23.2. The third-order valence-electron chi connectivity index (χ3n) is 7.42. The van der Waals surface area contributed by atoms with E-state index >= 15 is 0 Å². The summed E-state index contributed by atoms with van der Waals surface area (Å²) >= 11 is 0.759. The Morgan fingerprint density at radius 3 is 2.46 bits per heavy atom. The van der Waals surface area contributed by atoms with Gasteiger partial charge in [0.2, 0.25) is 0 Å². The number of ether oxygens (including phenoxy) is 1. The van der Waals surface area contributed by atoms with E-state index in [2.05, 4.69) is 20.0 Å². The number of H-pyrrole nitrogens is 1. The molecule has 0 unspecified atom stereocenters. The normalized spacial score (nSPS) is 18.5. The summed E-state index contributed by atoms with van der Waals surface area (Å²) in [5.74, 6) is -0.441. The molecule has 0 bridgehead atoms. The predicted molar refractivity (Wildman–Crippen MR) is 149 cm³/mol. The van der Waals surface area contributed by atoms with Gasteiger partial charge in [-0.1, -0.05) is 12.1 Å². The Labute approximate surface area is 238 Å². The third-order valence-corrected chi connectivity index (χ3v) is 8.44. The van der Waals surface area contributed by atoms with Gasteiger partial charge in [-0.2, -0.15) is 18.3 Å². The third kappa shape index (κ3) is 6.43. The number of allylic oxidation sites excluding steroid dienone is 1. The molecule has 218 valence electrons.